The molecule has 0 spiro atoms. The second-order valence-electron chi connectivity index (χ2n) is 4.58. The smallest absolute Gasteiger partial charge is 0.277 e. The Kier molecular flexibility index (Phi) is 4.50. The Morgan fingerprint density at radius 1 is 1.20 bits per heavy atom. The van der Waals surface area contributed by atoms with Crippen LogP contribution in [-0.2, 0) is 9.47 Å². The lowest BCUT2D eigenvalue weighted by Gasteiger charge is -2.22. The van der Waals surface area contributed by atoms with Crippen molar-refractivity contribution in [3.63, 3.8) is 0 Å². The predicted molar refractivity (Wildman–Crippen MR) is 80.0 cm³/mol. The van der Waals surface area contributed by atoms with Gasteiger partial charge in [-0.3, -0.25) is 10.1 Å². The normalized spacial score (nSPS) is 21.2. The molecule has 2 fully saturated rings. The van der Waals surface area contributed by atoms with Crippen LogP contribution in [0, 0.1) is 10.1 Å². The molecule has 0 atom stereocenters. The van der Waals surface area contributed by atoms with E-state index < -0.39 is 6.29 Å². The summed E-state index contributed by atoms with van der Waals surface area (Å²) in [7, 11) is 0. The highest BCUT2D eigenvalue weighted by Gasteiger charge is 2.28. The van der Waals surface area contributed by atoms with Crippen molar-refractivity contribution in [1.29, 1.82) is 0 Å². The largest absolute Gasteiger partial charge is 0.346 e. The summed E-state index contributed by atoms with van der Waals surface area (Å²) < 4.78 is 11.2. The molecule has 0 N–H and O–H groups in total. The van der Waals surface area contributed by atoms with Gasteiger partial charge in [0.2, 0.25) is 0 Å². The molecule has 108 valence electrons. The Balaban J connectivity index is 1.92. The van der Waals surface area contributed by atoms with Crippen LogP contribution in [0.15, 0.2) is 18.2 Å². The van der Waals surface area contributed by atoms with E-state index in [-0.39, 0.29) is 10.6 Å². The van der Waals surface area contributed by atoms with Gasteiger partial charge < -0.3 is 9.47 Å². The van der Waals surface area contributed by atoms with Gasteiger partial charge in [-0.15, -0.1) is 23.5 Å². The van der Waals surface area contributed by atoms with Crippen molar-refractivity contribution in [3.8, 4) is 0 Å². The summed E-state index contributed by atoms with van der Waals surface area (Å²) in [4.78, 5) is 10.8. The number of hydrogen-bond donors (Lipinski definition) is 0. The lowest BCUT2D eigenvalue weighted by Crippen LogP contribution is -2.06. The fourth-order valence-electron chi connectivity index (χ4n) is 2.29. The topological polar surface area (TPSA) is 61.6 Å². The maximum absolute atomic E-state index is 11.2. The first kappa shape index (κ1) is 14.2. The van der Waals surface area contributed by atoms with Crippen molar-refractivity contribution in [2.45, 2.75) is 17.3 Å². The molecule has 2 aliphatic heterocycles. The summed E-state index contributed by atoms with van der Waals surface area (Å²) in [5, 5.41) is 11.2. The van der Waals surface area contributed by atoms with Crippen molar-refractivity contribution in [1.82, 2.24) is 0 Å². The second-order valence-corrected chi connectivity index (χ2v) is 7.30. The number of thioether (sulfide) groups is 2. The van der Waals surface area contributed by atoms with Gasteiger partial charge in [0.1, 0.15) is 0 Å². The summed E-state index contributed by atoms with van der Waals surface area (Å²) in [6.45, 7) is 0.970. The minimum Gasteiger partial charge on any atom is -0.346 e. The highest BCUT2D eigenvalue weighted by Crippen LogP contribution is 2.45. The monoisotopic (exact) mass is 313 g/mol. The molecule has 0 unspecified atom stereocenters. The third kappa shape index (κ3) is 2.95. The number of ether oxygens (including phenoxy) is 2. The summed E-state index contributed by atoms with van der Waals surface area (Å²) >= 11 is 3.79. The van der Waals surface area contributed by atoms with Crippen LogP contribution < -0.4 is 0 Å². The second kappa shape index (κ2) is 6.34. The van der Waals surface area contributed by atoms with E-state index in [1.807, 2.05) is 35.7 Å². The molecule has 2 saturated heterocycles. The summed E-state index contributed by atoms with van der Waals surface area (Å²) in [5.74, 6) is 2.28. The van der Waals surface area contributed by atoms with E-state index >= 15 is 0 Å². The van der Waals surface area contributed by atoms with Gasteiger partial charge in [0.05, 0.1) is 28.3 Å². The van der Waals surface area contributed by atoms with Crippen molar-refractivity contribution < 1.29 is 14.4 Å². The quantitative estimate of drug-likeness (QED) is 0.628. The lowest BCUT2D eigenvalue weighted by atomic mass is 10.1. The molecule has 0 radical (unpaired) electrons. The van der Waals surface area contributed by atoms with Gasteiger partial charge in [0.25, 0.3) is 5.69 Å². The molecular weight excluding hydrogens is 298 g/mol. The molecule has 0 aromatic heterocycles. The number of benzene rings is 1. The Labute approximate surface area is 125 Å². The zero-order valence-corrected chi connectivity index (χ0v) is 12.5. The van der Waals surface area contributed by atoms with Crippen molar-refractivity contribution >= 4 is 29.2 Å². The van der Waals surface area contributed by atoms with Crippen LogP contribution in [0.4, 0.5) is 5.69 Å². The Hall–Kier alpha value is -0.760. The molecule has 1 aromatic carbocycles. The summed E-state index contributed by atoms with van der Waals surface area (Å²) in [5.41, 5.74) is 1.72. The molecule has 3 rings (SSSR count). The average molecular weight is 313 g/mol. The van der Waals surface area contributed by atoms with E-state index in [1.165, 1.54) is 6.42 Å². The number of nitrogens with zero attached hydrogens (tertiary/aromatic N) is 1. The number of rotatable bonds is 3. The van der Waals surface area contributed by atoms with Crippen molar-refractivity contribution in [2.24, 2.45) is 0 Å². The third-order valence-electron chi connectivity index (χ3n) is 3.22. The van der Waals surface area contributed by atoms with Crippen LogP contribution in [0.1, 0.15) is 28.4 Å². The van der Waals surface area contributed by atoms with Crippen LogP contribution in [-0.4, -0.2) is 29.6 Å². The third-order valence-corrected chi connectivity index (χ3v) is 6.24. The van der Waals surface area contributed by atoms with Gasteiger partial charge in [-0.25, -0.2) is 0 Å². The van der Waals surface area contributed by atoms with E-state index in [0.717, 1.165) is 17.1 Å². The molecule has 0 saturated carbocycles. The molecule has 5 nitrogen and oxygen atoms in total. The molecule has 0 aliphatic carbocycles. The number of nitro groups is 1. The minimum atomic E-state index is -0.603. The predicted octanol–water partition coefficient (Wildman–Crippen LogP) is 3.51. The van der Waals surface area contributed by atoms with E-state index in [9.17, 15) is 10.1 Å². The minimum absolute atomic E-state index is 0.0754. The molecule has 2 heterocycles. The van der Waals surface area contributed by atoms with Gasteiger partial charge in [-0.05, 0) is 29.6 Å². The highest BCUT2D eigenvalue weighted by molar-refractivity contribution is 8.16. The zero-order chi connectivity index (χ0) is 13.9. The van der Waals surface area contributed by atoms with Crippen LogP contribution in [0.5, 0.6) is 0 Å². The van der Waals surface area contributed by atoms with E-state index in [4.69, 9.17) is 9.47 Å². The van der Waals surface area contributed by atoms with Gasteiger partial charge in [0, 0.05) is 6.07 Å². The fraction of sp³-hybridized carbons (Fsp3) is 0.538. The average Bonchev–Trinajstić information content (AvgIpc) is 3.01. The number of hydrogen-bond acceptors (Lipinski definition) is 6. The first-order valence-electron chi connectivity index (χ1n) is 6.50. The Morgan fingerprint density at radius 2 is 1.90 bits per heavy atom. The molecule has 20 heavy (non-hydrogen) atoms. The van der Waals surface area contributed by atoms with E-state index in [2.05, 4.69) is 0 Å². The lowest BCUT2D eigenvalue weighted by molar-refractivity contribution is -0.386. The Morgan fingerprint density at radius 3 is 2.55 bits per heavy atom. The van der Waals surface area contributed by atoms with Gasteiger partial charge in [-0.2, -0.15) is 0 Å². The van der Waals surface area contributed by atoms with Gasteiger partial charge in [-0.1, -0.05) is 6.07 Å². The Bertz CT molecular complexity index is 499. The molecular formula is C13H15NO4S2. The highest BCUT2D eigenvalue weighted by atomic mass is 32.2. The van der Waals surface area contributed by atoms with Crippen molar-refractivity contribution in [3.05, 3.63) is 39.4 Å². The first-order chi connectivity index (χ1) is 9.75. The fourth-order valence-corrected chi connectivity index (χ4v) is 5.17. The zero-order valence-electron chi connectivity index (χ0n) is 10.8. The van der Waals surface area contributed by atoms with E-state index in [0.29, 0.717) is 23.4 Å². The van der Waals surface area contributed by atoms with Gasteiger partial charge >= 0.3 is 0 Å². The van der Waals surface area contributed by atoms with Crippen LogP contribution >= 0.6 is 23.5 Å². The van der Waals surface area contributed by atoms with Crippen LogP contribution in [0.25, 0.3) is 0 Å². The molecule has 0 bridgehead atoms. The first-order valence-corrected chi connectivity index (χ1v) is 8.60. The standard InChI is InChI=1S/C13H15NO4S2/c15-14(16)11-3-2-9(13-19-6-1-7-20-13)8-10(11)12-17-4-5-18-12/h2-3,8,12-13H,1,4-7H2. The van der Waals surface area contributed by atoms with Crippen LogP contribution in [0.3, 0.4) is 0 Å². The maximum Gasteiger partial charge on any atom is 0.277 e. The van der Waals surface area contributed by atoms with Gasteiger partial charge in [0.15, 0.2) is 6.29 Å². The number of nitro benzene ring substituents is 1. The van der Waals surface area contributed by atoms with Crippen LogP contribution in [0.2, 0.25) is 0 Å². The molecule has 7 heteroatoms. The summed E-state index contributed by atoms with van der Waals surface area (Å²) in [6, 6.07) is 5.31. The molecule has 1 aromatic rings. The molecule has 0 amide bonds. The SMILES string of the molecule is O=[N+]([O-])c1ccc(C2SCCCS2)cc1C1OCCO1. The maximum atomic E-state index is 11.2. The molecule has 2 aliphatic rings. The van der Waals surface area contributed by atoms with Crippen molar-refractivity contribution in [2.75, 3.05) is 24.7 Å². The van der Waals surface area contributed by atoms with E-state index in [1.54, 1.807) is 6.07 Å². The summed E-state index contributed by atoms with van der Waals surface area (Å²) in [6.07, 6.45) is 0.620.